The Morgan fingerprint density at radius 3 is 2.07 bits per heavy atom. The van der Waals surface area contributed by atoms with E-state index in [-0.39, 0.29) is 5.75 Å². The molecule has 0 aliphatic heterocycles. The van der Waals surface area contributed by atoms with E-state index in [0.29, 0.717) is 4.90 Å². The Morgan fingerprint density at radius 2 is 1.71 bits per heavy atom. The van der Waals surface area contributed by atoms with Crippen molar-refractivity contribution in [2.75, 3.05) is 6.26 Å². The van der Waals surface area contributed by atoms with E-state index < -0.39 is 17.2 Å². The van der Waals surface area contributed by atoms with Crippen LogP contribution in [0.5, 0.6) is 5.75 Å². The van der Waals surface area contributed by atoms with E-state index in [1.807, 2.05) is 0 Å². The molecule has 0 spiro atoms. The Hall–Kier alpha value is -1.04. The Morgan fingerprint density at radius 1 is 1.21 bits per heavy atom. The predicted octanol–water partition coefficient (Wildman–Crippen LogP) is 2.32. The molecule has 6 heteroatoms. The van der Waals surface area contributed by atoms with Gasteiger partial charge >= 0.3 is 6.36 Å². The normalized spacial score (nSPS) is 13.7. The highest BCUT2D eigenvalue weighted by Gasteiger charge is 2.30. The number of hydrogen-bond acceptors (Lipinski definition) is 2. The summed E-state index contributed by atoms with van der Waals surface area (Å²) < 4.78 is 49.7. The molecule has 0 aromatic heterocycles. The smallest absolute Gasteiger partial charge is 0.406 e. The van der Waals surface area contributed by atoms with Gasteiger partial charge in [-0.05, 0) is 24.3 Å². The molecule has 0 heterocycles. The monoisotopic (exact) mass is 224 g/mol. The number of benzene rings is 1. The topological polar surface area (TPSA) is 26.3 Å². The fraction of sp³-hybridized carbons (Fsp3) is 0.250. The van der Waals surface area contributed by atoms with Crippen LogP contribution in [0.3, 0.4) is 0 Å². The number of alkyl halides is 3. The lowest BCUT2D eigenvalue weighted by molar-refractivity contribution is -0.274. The number of ether oxygens (including phenoxy) is 1. The molecule has 0 aliphatic rings. The molecule has 2 nitrogen and oxygen atoms in total. The molecule has 0 fully saturated rings. The fourth-order valence-corrected chi connectivity index (χ4v) is 1.35. The van der Waals surface area contributed by atoms with Crippen LogP contribution in [0.4, 0.5) is 13.2 Å². The Balaban J connectivity index is 2.79. The summed E-state index contributed by atoms with van der Waals surface area (Å²) in [5.41, 5.74) is 0. The molecule has 78 valence electrons. The lowest BCUT2D eigenvalue weighted by Gasteiger charge is -2.08. The zero-order valence-electron chi connectivity index (χ0n) is 7.17. The van der Waals surface area contributed by atoms with Gasteiger partial charge in [0.25, 0.3) is 0 Å². The van der Waals surface area contributed by atoms with Crippen molar-refractivity contribution in [3.05, 3.63) is 24.3 Å². The molecule has 1 atom stereocenters. The number of hydrogen-bond donors (Lipinski definition) is 0. The second-order valence-electron chi connectivity index (χ2n) is 2.47. The summed E-state index contributed by atoms with van der Waals surface area (Å²) in [5.74, 6) is -0.313. The minimum Gasteiger partial charge on any atom is -0.406 e. The summed E-state index contributed by atoms with van der Waals surface area (Å²) >= 11 is 0. The minimum absolute atomic E-state index is 0.313. The minimum atomic E-state index is -4.69. The lowest BCUT2D eigenvalue weighted by Crippen LogP contribution is -2.17. The molecule has 0 bridgehead atoms. The third-order valence-electron chi connectivity index (χ3n) is 1.39. The molecule has 0 radical (unpaired) electrons. The fourth-order valence-electron chi connectivity index (χ4n) is 0.833. The quantitative estimate of drug-likeness (QED) is 0.770. The predicted molar refractivity (Wildman–Crippen MR) is 45.5 cm³/mol. The molecule has 1 rings (SSSR count). The molecule has 0 saturated heterocycles. The third-order valence-corrected chi connectivity index (χ3v) is 2.33. The van der Waals surface area contributed by atoms with Gasteiger partial charge in [-0.25, -0.2) is 0 Å². The van der Waals surface area contributed by atoms with Crippen LogP contribution in [0.2, 0.25) is 0 Å². The first-order chi connectivity index (χ1) is 6.38. The zero-order chi connectivity index (χ0) is 10.8. The van der Waals surface area contributed by atoms with Gasteiger partial charge in [0, 0.05) is 22.0 Å². The highest BCUT2D eigenvalue weighted by molar-refractivity contribution is 7.84. The van der Waals surface area contributed by atoms with Gasteiger partial charge in [0.05, 0.1) is 0 Å². The molecule has 0 aliphatic carbocycles. The summed E-state index contributed by atoms with van der Waals surface area (Å²) in [7, 11) is -1.20. The van der Waals surface area contributed by atoms with E-state index in [2.05, 4.69) is 4.74 Å². The first kappa shape index (κ1) is 11.0. The van der Waals surface area contributed by atoms with Crippen LogP contribution in [-0.2, 0) is 10.8 Å². The van der Waals surface area contributed by atoms with Crippen LogP contribution in [-0.4, -0.2) is 16.8 Å². The van der Waals surface area contributed by atoms with Crippen molar-refractivity contribution in [2.24, 2.45) is 0 Å². The maximum Gasteiger partial charge on any atom is 0.573 e. The number of rotatable bonds is 2. The second kappa shape index (κ2) is 4.00. The van der Waals surface area contributed by atoms with Gasteiger partial charge in [-0.1, -0.05) is 0 Å². The van der Waals surface area contributed by atoms with Crippen LogP contribution in [0, 0.1) is 0 Å². The zero-order valence-corrected chi connectivity index (χ0v) is 7.98. The van der Waals surface area contributed by atoms with Gasteiger partial charge in [-0.2, -0.15) is 0 Å². The maximum atomic E-state index is 11.7. The first-order valence-electron chi connectivity index (χ1n) is 3.58. The molecule has 1 unspecified atom stereocenters. The van der Waals surface area contributed by atoms with Gasteiger partial charge in [0.15, 0.2) is 0 Å². The van der Waals surface area contributed by atoms with E-state index in [1.165, 1.54) is 18.4 Å². The molecule has 1 aromatic rings. The van der Waals surface area contributed by atoms with Crippen molar-refractivity contribution in [3.63, 3.8) is 0 Å². The van der Waals surface area contributed by atoms with Crippen LogP contribution in [0.15, 0.2) is 29.2 Å². The Kier molecular flexibility index (Phi) is 3.15. The van der Waals surface area contributed by atoms with Crippen molar-refractivity contribution < 1.29 is 22.1 Å². The summed E-state index contributed by atoms with van der Waals surface area (Å²) in [6, 6.07) is 4.92. The second-order valence-corrected chi connectivity index (χ2v) is 3.85. The Bertz CT molecular complexity index is 331. The maximum absolute atomic E-state index is 11.7. The highest BCUT2D eigenvalue weighted by atomic mass is 32.2. The molecule has 14 heavy (non-hydrogen) atoms. The van der Waals surface area contributed by atoms with Crippen LogP contribution in [0.1, 0.15) is 0 Å². The summed E-state index contributed by atoms with van der Waals surface area (Å²) in [5, 5.41) is 0. The highest BCUT2D eigenvalue weighted by Crippen LogP contribution is 2.23. The van der Waals surface area contributed by atoms with Gasteiger partial charge in [0.1, 0.15) is 5.75 Å². The van der Waals surface area contributed by atoms with E-state index in [1.54, 1.807) is 0 Å². The van der Waals surface area contributed by atoms with Gasteiger partial charge in [-0.15, -0.1) is 13.2 Å². The molecule has 0 amide bonds. The van der Waals surface area contributed by atoms with E-state index in [9.17, 15) is 17.4 Å². The third kappa shape index (κ3) is 3.37. The standard InChI is InChI=1S/C8H7F3O2S/c1-14(12)7-4-2-6(3-5-7)13-8(9,10)11/h2-5H,1H3. The van der Waals surface area contributed by atoms with Crippen molar-refractivity contribution in [2.45, 2.75) is 11.3 Å². The SMILES string of the molecule is CS(=O)c1ccc(OC(F)(F)F)cc1. The van der Waals surface area contributed by atoms with Crippen LogP contribution in [0.25, 0.3) is 0 Å². The Labute approximate surface area is 81.1 Å². The summed E-state index contributed by atoms with van der Waals surface area (Å²) in [4.78, 5) is 0.458. The van der Waals surface area contributed by atoms with Crippen molar-refractivity contribution in [1.82, 2.24) is 0 Å². The molecule has 0 saturated carbocycles. The van der Waals surface area contributed by atoms with E-state index >= 15 is 0 Å². The molecule has 0 N–H and O–H groups in total. The van der Waals surface area contributed by atoms with Gasteiger partial charge < -0.3 is 4.74 Å². The first-order valence-corrected chi connectivity index (χ1v) is 5.13. The molecule has 1 aromatic carbocycles. The van der Waals surface area contributed by atoms with Crippen LogP contribution >= 0.6 is 0 Å². The summed E-state index contributed by atoms with van der Waals surface area (Å²) in [6.07, 6.45) is -3.24. The van der Waals surface area contributed by atoms with Crippen molar-refractivity contribution in [3.8, 4) is 5.75 Å². The molecular formula is C8H7F3O2S. The van der Waals surface area contributed by atoms with E-state index in [4.69, 9.17) is 0 Å². The average Bonchev–Trinajstić information content (AvgIpc) is 2.02. The van der Waals surface area contributed by atoms with Crippen molar-refractivity contribution >= 4 is 10.8 Å². The van der Waals surface area contributed by atoms with Gasteiger partial charge in [-0.3, -0.25) is 4.21 Å². The summed E-state index contributed by atoms with van der Waals surface area (Å²) in [6.45, 7) is 0. The lowest BCUT2D eigenvalue weighted by atomic mass is 10.3. The van der Waals surface area contributed by atoms with E-state index in [0.717, 1.165) is 12.1 Å². The number of halogens is 3. The van der Waals surface area contributed by atoms with Crippen LogP contribution < -0.4 is 4.74 Å². The molecular weight excluding hydrogens is 217 g/mol. The van der Waals surface area contributed by atoms with Crippen molar-refractivity contribution in [1.29, 1.82) is 0 Å². The average molecular weight is 224 g/mol. The largest absolute Gasteiger partial charge is 0.573 e. The van der Waals surface area contributed by atoms with Gasteiger partial charge in [0.2, 0.25) is 0 Å².